The number of hydrogen-bond donors (Lipinski definition) is 2. The van der Waals surface area contributed by atoms with Crippen LogP contribution < -0.4 is 10.6 Å². The highest BCUT2D eigenvalue weighted by Gasteiger charge is 2.31. The summed E-state index contributed by atoms with van der Waals surface area (Å²) in [5.74, 6) is 0.911. The van der Waals surface area contributed by atoms with E-state index in [1.54, 1.807) is 0 Å². The summed E-state index contributed by atoms with van der Waals surface area (Å²) in [6.07, 6.45) is 4.49. The Labute approximate surface area is 164 Å². The van der Waals surface area contributed by atoms with Crippen LogP contribution in [0.3, 0.4) is 0 Å². The van der Waals surface area contributed by atoms with Gasteiger partial charge in [-0.3, -0.25) is 9.89 Å². The molecule has 2 aliphatic heterocycles. The van der Waals surface area contributed by atoms with Gasteiger partial charge in [0, 0.05) is 32.2 Å². The molecule has 156 valence electrons. The number of alkyl carbamates (subject to hydrolysis) is 1. The zero-order valence-corrected chi connectivity index (χ0v) is 18.1. The van der Waals surface area contributed by atoms with Crippen LogP contribution in [0.25, 0.3) is 0 Å². The molecule has 0 bridgehead atoms. The molecule has 1 unspecified atom stereocenters. The first kappa shape index (κ1) is 21.8. The maximum absolute atomic E-state index is 12.0. The summed E-state index contributed by atoms with van der Waals surface area (Å²) in [5.41, 5.74) is -0.371. The number of nitrogens with one attached hydrogen (secondary N) is 2. The standard InChI is InChI=1S/C20H39N5O2/c1-19(2,3)27-18(26)23-16-10-13-24(14-16)17(21-6)22-15-20(4,5)25-11-8-7-9-12-25/h16H,7-15H2,1-6H3,(H,21,22)(H,23,26). The quantitative estimate of drug-likeness (QED) is 0.578. The number of nitrogens with zero attached hydrogens (tertiary/aromatic N) is 3. The number of hydrogen-bond acceptors (Lipinski definition) is 4. The summed E-state index contributed by atoms with van der Waals surface area (Å²) >= 11 is 0. The molecule has 7 nitrogen and oxygen atoms in total. The van der Waals surface area contributed by atoms with Crippen molar-refractivity contribution in [3.8, 4) is 0 Å². The molecule has 1 atom stereocenters. The minimum absolute atomic E-state index is 0.0912. The first-order valence-electron chi connectivity index (χ1n) is 10.3. The summed E-state index contributed by atoms with van der Waals surface area (Å²) in [7, 11) is 1.82. The molecule has 2 rings (SSSR count). The van der Waals surface area contributed by atoms with Crippen molar-refractivity contribution in [3.63, 3.8) is 0 Å². The molecule has 0 spiro atoms. The van der Waals surface area contributed by atoms with Crippen molar-refractivity contribution in [1.82, 2.24) is 20.4 Å². The smallest absolute Gasteiger partial charge is 0.407 e. The first-order valence-corrected chi connectivity index (χ1v) is 10.3. The van der Waals surface area contributed by atoms with Crippen molar-refractivity contribution in [3.05, 3.63) is 0 Å². The number of carbonyl (C=O) groups excluding carboxylic acids is 1. The van der Waals surface area contributed by atoms with Gasteiger partial charge in [-0.2, -0.15) is 0 Å². The van der Waals surface area contributed by atoms with Crippen LogP contribution >= 0.6 is 0 Å². The number of aliphatic imine (C=N–C) groups is 1. The second-order valence-corrected chi connectivity index (χ2v) is 9.34. The lowest BCUT2D eigenvalue weighted by molar-refractivity contribution is 0.0507. The molecular weight excluding hydrogens is 342 g/mol. The van der Waals surface area contributed by atoms with Crippen LogP contribution in [-0.4, -0.2) is 78.8 Å². The van der Waals surface area contributed by atoms with Crippen molar-refractivity contribution in [2.75, 3.05) is 39.8 Å². The summed E-state index contributed by atoms with van der Waals surface area (Å²) in [6.45, 7) is 15.1. The van der Waals surface area contributed by atoms with Crippen LogP contribution in [-0.2, 0) is 4.74 Å². The van der Waals surface area contributed by atoms with E-state index < -0.39 is 5.60 Å². The van der Waals surface area contributed by atoms with Crippen molar-refractivity contribution in [2.45, 2.75) is 77.5 Å². The summed E-state index contributed by atoms with van der Waals surface area (Å²) < 4.78 is 5.36. The van der Waals surface area contributed by atoms with Crippen LogP contribution in [0.1, 0.15) is 60.3 Å². The monoisotopic (exact) mass is 381 g/mol. The highest BCUT2D eigenvalue weighted by atomic mass is 16.6. The Balaban J connectivity index is 1.81. The number of amides is 1. The zero-order valence-electron chi connectivity index (χ0n) is 18.1. The maximum atomic E-state index is 12.0. The highest BCUT2D eigenvalue weighted by molar-refractivity contribution is 5.80. The number of piperidine rings is 1. The van der Waals surface area contributed by atoms with E-state index in [1.165, 1.54) is 32.4 Å². The minimum atomic E-state index is -0.472. The SMILES string of the molecule is CN=C(NCC(C)(C)N1CCCCC1)N1CCC(NC(=O)OC(C)(C)C)C1. The molecule has 0 aromatic heterocycles. The molecule has 2 aliphatic rings. The topological polar surface area (TPSA) is 69.2 Å². The fourth-order valence-corrected chi connectivity index (χ4v) is 3.78. The van der Waals surface area contributed by atoms with Crippen LogP contribution in [0.2, 0.25) is 0 Å². The summed E-state index contributed by atoms with van der Waals surface area (Å²) in [6, 6.07) is 0.0912. The van der Waals surface area contributed by atoms with Crippen LogP contribution in [0.15, 0.2) is 4.99 Å². The average Bonchev–Trinajstić information content (AvgIpc) is 3.02. The molecule has 0 saturated carbocycles. The van der Waals surface area contributed by atoms with Crippen molar-refractivity contribution < 1.29 is 9.53 Å². The fraction of sp³-hybridized carbons (Fsp3) is 0.900. The number of carbonyl (C=O) groups is 1. The lowest BCUT2D eigenvalue weighted by atomic mass is 9.98. The maximum Gasteiger partial charge on any atom is 0.407 e. The molecular formula is C20H39N5O2. The van der Waals surface area contributed by atoms with E-state index in [1.807, 2.05) is 27.8 Å². The molecule has 0 aromatic rings. The lowest BCUT2D eigenvalue weighted by Crippen LogP contribution is -2.55. The van der Waals surface area contributed by atoms with Gasteiger partial charge in [-0.25, -0.2) is 4.79 Å². The number of guanidine groups is 1. The van der Waals surface area contributed by atoms with E-state index in [-0.39, 0.29) is 17.7 Å². The van der Waals surface area contributed by atoms with Crippen molar-refractivity contribution in [2.24, 2.45) is 4.99 Å². The Morgan fingerprint density at radius 3 is 2.37 bits per heavy atom. The van der Waals surface area contributed by atoms with Gasteiger partial charge in [-0.05, 0) is 67.0 Å². The molecule has 1 amide bonds. The lowest BCUT2D eigenvalue weighted by Gasteiger charge is -2.41. The van der Waals surface area contributed by atoms with Gasteiger partial charge >= 0.3 is 6.09 Å². The average molecular weight is 382 g/mol. The predicted octanol–water partition coefficient (Wildman–Crippen LogP) is 2.43. The molecule has 2 fully saturated rings. The van der Waals surface area contributed by atoms with E-state index in [9.17, 15) is 4.79 Å². The number of likely N-dealkylation sites (tertiary alicyclic amines) is 2. The van der Waals surface area contributed by atoms with Crippen molar-refractivity contribution >= 4 is 12.1 Å². The van der Waals surface area contributed by atoms with Gasteiger partial charge in [0.2, 0.25) is 0 Å². The Bertz CT molecular complexity index is 521. The third kappa shape index (κ3) is 6.87. The van der Waals surface area contributed by atoms with Gasteiger partial charge in [-0.1, -0.05) is 6.42 Å². The third-order valence-corrected chi connectivity index (χ3v) is 5.31. The molecule has 0 aromatic carbocycles. The summed E-state index contributed by atoms with van der Waals surface area (Å²) in [5, 5.41) is 6.53. The van der Waals surface area contributed by atoms with Gasteiger partial charge in [0.1, 0.15) is 5.60 Å². The van der Waals surface area contributed by atoms with Gasteiger partial charge < -0.3 is 20.3 Å². The van der Waals surface area contributed by atoms with Gasteiger partial charge in [-0.15, -0.1) is 0 Å². The van der Waals surface area contributed by atoms with Gasteiger partial charge in [0.05, 0.1) is 6.04 Å². The van der Waals surface area contributed by atoms with E-state index >= 15 is 0 Å². The summed E-state index contributed by atoms with van der Waals surface area (Å²) in [4.78, 5) is 21.2. The predicted molar refractivity (Wildman–Crippen MR) is 110 cm³/mol. The van der Waals surface area contributed by atoms with Crippen LogP contribution in [0.4, 0.5) is 4.79 Å². The number of ether oxygens (including phenoxy) is 1. The van der Waals surface area contributed by atoms with Crippen LogP contribution in [0, 0.1) is 0 Å². The normalized spacial score (nSPS) is 22.7. The van der Waals surface area contributed by atoms with E-state index in [0.29, 0.717) is 0 Å². The molecule has 0 radical (unpaired) electrons. The molecule has 2 saturated heterocycles. The number of rotatable bonds is 4. The minimum Gasteiger partial charge on any atom is -0.444 e. The third-order valence-electron chi connectivity index (χ3n) is 5.31. The van der Waals surface area contributed by atoms with Crippen LogP contribution in [0.5, 0.6) is 0 Å². The second-order valence-electron chi connectivity index (χ2n) is 9.34. The molecule has 7 heteroatoms. The Hall–Kier alpha value is -1.50. The Kier molecular flexibility index (Phi) is 7.37. The Morgan fingerprint density at radius 1 is 1.11 bits per heavy atom. The van der Waals surface area contributed by atoms with E-state index in [0.717, 1.165) is 32.0 Å². The zero-order chi connectivity index (χ0) is 20.1. The molecule has 2 N–H and O–H groups in total. The van der Waals surface area contributed by atoms with Gasteiger partial charge in [0.25, 0.3) is 0 Å². The Morgan fingerprint density at radius 2 is 1.78 bits per heavy atom. The molecule has 27 heavy (non-hydrogen) atoms. The first-order chi connectivity index (χ1) is 12.6. The molecule has 0 aliphatic carbocycles. The largest absolute Gasteiger partial charge is 0.444 e. The second kappa shape index (κ2) is 9.13. The fourth-order valence-electron chi connectivity index (χ4n) is 3.78. The van der Waals surface area contributed by atoms with E-state index in [4.69, 9.17) is 4.74 Å². The highest BCUT2D eigenvalue weighted by Crippen LogP contribution is 2.20. The van der Waals surface area contributed by atoms with E-state index in [2.05, 4.69) is 39.3 Å². The van der Waals surface area contributed by atoms with Gasteiger partial charge in [0.15, 0.2) is 5.96 Å². The molecule has 2 heterocycles. The van der Waals surface area contributed by atoms with Crippen molar-refractivity contribution in [1.29, 1.82) is 0 Å².